The number of benzene rings is 1. The summed E-state index contributed by atoms with van der Waals surface area (Å²) in [5, 5.41) is 9.06. The van der Waals surface area contributed by atoms with E-state index in [0.29, 0.717) is 19.4 Å². The number of rotatable bonds is 5. The molecule has 25 heavy (non-hydrogen) atoms. The molecule has 0 radical (unpaired) electrons. The summed E-state index contributed by atoms with van der Waals surface area (Å²) in [5.74, 6) is 0.0975. The van der Waals surface area contributed by atoms with Crippen LogP contribution >= 0.6 is 0 Å². The Kier molecular flexibility index (Phi) is 5.32. The smallest absolute Gasteiger partial charge is 0.245 e. The Hall–Kier alpha value is -1.83. The summed E-state index contributed by atoms with van der Waals surface area (Å²) in [6.07, 6.45) is 1.28. The van der Waals surface area contributed by atoms with Gasteiger partial charge in [0.1, 0.15) is 16.2 Å². The number of nitriles is 1. The van der Waals surface area contributed by atoms with Crippen molar-refractivity contribution < 1.29 is 21.6 Å². The van der Waals surface area contributed by atoms with E-state index in [0.717, 1.165) is 0 Å². The molecule has 0 aliphatic carbocycles. The highest BCUT2D eigenvalue weighted by atomic mass is 32.2. The third-order valence-corrected chi connectivity index (χ3v) is 7.29. The lowest BCUT2D eigenvalue weighted by Crippen LogP contribution is -2.42. The monoisotopic (exact) mass is 387 g/mol. The van der Waals surface area contributed by atoms with Crippen molar-refractivity contribution in [1.82, 2.24) is 4.72 Å². The Labute approximate surface area is 148 Å². The Bertz CT molecular complexity index is 902. The van der Waals surface area contributed by atoms with Gasteiger partial charge in [-0.2, -0.15) is 9.98 Å². The van der Waals surface area contributed by atoms with Crippen LogP contribution in [-0.2, 0) is 20.0 Å². The molecule has 1 aliphatic rings. The van der Waals surface area contributed by atoms with Crippen molar-refractivity contribution in [2.75, 3.05) is 23.7 Å². The van der Waals surface area contributed by atoms with Gasteiger partial charge >= 0.3 is 0 Å². The van der Waals surface area contributed by atoms with E-state index in [1.165, 1.54) is 43.5 Å². The van der Waals surface area contributed by atoms with Crippen LogP contribution in [-0.4, -0.2) is 41.8 Å². The summed E-state index contributed by atoms with van der Waals surface area (Å²) in [7, 11) is -6.24. The van der Waals surface area contributed by atoms with E-state index in [2.05, 4.69) is 4.72 Å². The largest absolute Gasteiger partial charge is 0.495 e. The van der Waals surface area contributed by atoms with Crippen molar-refractivity contribution in [3.8, 4) is 11.8 Å². The van der Waals surface area contributed by atoms with Gasteiger partial charge in [0.2, 0.25) is 20.0 Å². The standard InChI is InChI=1S/C15H21N3O5S2/c1-15(2,11-16)17-25(21,22)14-10-12(6-7-13(14)23-3)18-8-4-5-9-24(18,19)20/h6-7,10,17H,4-5,8-9H2,1-3H3. The van der Waals surface area contributed by atoms with Gasteiger partial charge in [-0.3, -0.25) is 4.31 Å². The van der Waals surface area contributed by atoms with Crippen LogP contribution < -0.4 is 13.8 Å². The normalized spacial score (nSPS) is 17.8. The van der Waals surface area contributed by atoms with Gasteiger partial charge < -0.3 is 4.74 Å². The predicted molar refractivity (Wildman–Crippen MR) is 93.4 cm³/mol. The number of sulfonamides is 2. The van der Waals surface area contributed by atoms with E-state index in [9.17, 15) is 16.8 Å². The molecule has 0 unspecified atom stereocenters. The number of anilines is 1. The average Bonchev–Trinajstić information content (AvgIpc) is 2.53. The fourth-order valence-corrected chi connectivity index (χ4v) is 5.67. The first-order valence-corrected chi connectivity index (χ1v) is 10.8. The van der Waals surface area contributed by atoms with Crippen molar-refractivity contribution in [2.45, 2.75) is 37.1 Å². The SMILES string of the molecule is COc1ccc(N2CCCCS2(=O)=O)cc1S(=O)(=O)NC(C)(C)C#N. The zero-order valence-electron chi connectivity index (χ0n) is 14.3. The second-order valence-electron chi connectivity index (χ2n) is 6.27. The van der Waals surface area contributed by atoms with E-state index >= 15 is 0 Å². The van der Waals surface area contributed by atoms with E-state index in [-0.39, 0.29) is 22.1 Å². The Morgan fingerprint density at radius 1 is 1.32 bits per heavy atom. The topological polar surface area (TPSA) is 117 Å². The van der Waals surface area contributed by atoms with Crippen molar-refractivity contribution in [2.24, 2.45) is 0 Å². The molecule has 1 aromatic rings. The number of ether oxygens (including phenoxy) is 1. The highest BCUT2D eigenvalue weighted by Crippen LogP contribution is 2.32. The molecule has 0 atom stereocenters. The maximum Gasteiger partial charge on any atom is 0.245 e. The number of nitrogens with one attached hydrogen (secondary N) is 1. The molecule has 1 N–H and O–H groups in total. The molecule has 0 saturated carbocycles. The van der Waals surface area contributed by atoms with Crippen molar-refractivity contribution >= 4 is 25.7 Å². The molecule has 0 aromatic heterocycles. The molecule has 1 saturated heterocycles. The quantitative estimate of drug-likeness (QED) is 0.811. The molecule has 0 amide bonds. The molecule has 1 aromatic carbocycles. The lowest BCUT2D eigenvalue weighted by atomic mass is 10.1. The van der Waals surface area contributed by atoms with Gasteiger partial charge in [0, 0.05) is 6.54 Å². The molecule has 10 heteroatoms. The fourth-order valence-electron chi connectivity index (χ4n) is 2.52. The van der Waals surface area contributed by atoms with E-state index in [4.69, 9.17) is 10.00 Å². The van der Waals surface area contributed by atoms with Crippen LogP contribution in [0.2, 0.25) is 0 Å². The van der Waals surface area contributed by atoms with Crippen LogP contribution in [0.4, 0.5) is 5.69 Å². The summed E-state index contributed by atoms with van der Waals surface area (Å²) in [6, 6.07) is 6.04. The summed E-state index contributed by atoms with van der Waals surface area (Å²) in [5.41, 5.74) is -1.06. The minimum absolute atomic E-state index is 0.0286. The van der Waals surface area contributed by atoms with Crippen LogP contribution in [0, 0.1) is 11.3 Å². The number of nitrogens with zero attached hydrogens (tertiary/aromatic N) is 2. The van der Waals surface area contributed by atoms with Gasteiger partial charge in [-0.1, -0.05) is 0 Å². The molecular weight excluding hydrogens is 366 g/mol. The Morgan fingerprint density at radius 2 is 2.00 bits per heavy atom. The van der Waals surface area contributed by atoms with Gasteiger partial charge in [-0.15, -0.1) is 0 Å². The second kappa shape index (κ2) is 6.82. The van der Waals surface area contributed by atoms with Crippen molar-refractivity contribution in [3.05, 3.63) is 18.2 Å². The maximum atomic E-state index is 12.7. The first-order valence-electron chi connectivity index (χ1n) is 7.66. The average molecular weight is 387 g/mol. The van der Waals surface area contributed by atoms with Crippen molar-refractivity contribution in [1.29, 1.82) is 5.26 Å². The molecule has 1 heterocycles. The zero-order valence-corrected chi connectivity index (χ0v) is 15.9. The second-order valence-corrected chi connectivity index (χ2v) is 9.94. The highest BCUT2D eigenvalue weighted by Gasteiger charge is 2.31. The molecule has 0 spiro atoms. The molecule has 2 rings (SSSR count). The fraction of sp³-hybridized carbons (Fsp3) is 0.533. The van der Waals surface area contributed by atoms with Crippen LogP contribution in [0.5, 0.6) is 5.75 Å². The summed E-state index contributed by atoms with van der Waals surface area (Å²) < 4.78 is 58.5. The maximum absolute atomic E-state index is 12.7. The first-order chi connectivity index (χ1) is 11.5. The summed E-state index contributed by atoms with van der Waals surface area (Å²) >= 11 is 0. The molecular formula is C15H21N3O5S2. The lowest BCUT2D eigenvalue weighted by molar-refractivity contribution is 0.401. The van der Waals surface area contributed by atoms with E-state index in [1.54, 1.807) is 0 Å². The lowest BCUT2D eigenvalue weighted by Gasteiger charge is -2.29. The molecule has 8 nitrogen and oxygen atoms in total. The highest BCUT2D eigenvalue weighted by molar-refractivity contribution is 7.92. The van der Waals surface area contributed by atoms with Crippen LogP contribution in [0.15, 0.2) is 23.1 Å². The first kappa shape index (κ1) is 19.5. The van der Waals surface area contributed by atoms with Gasteiger partial charge in [0.05, 0.1) is 24.6 Å². The number of methoxy groups -OCH3 is 1. The molecule has 1 fully saturated rings. The van der Waals surface area contributed by atoms with Crippen molar-refractivity contribution in [3.63, 3.8) is 0 Å². The van der Waals surface area contributed by atoms with Crippen LogP contribution in [0.25, 0.3) is 0 Å². The third kappa shape index (κ3) is 4.23. The van der Waals surface area contributed by atoms with Crippen LogP contribution in [0.3, 0.4) is 0 Å². The van der Waals surface area contributed by atoms with E-state index < -0.39 is 25.6 Å². The van der Waals surface area contributed by atoms with Crippen LogP contribution in [0.1, 0.15) is 26.7 Å². The third-order valence-electron chi connectivity index (χ3n) is 3.74. The summed E-state index contributed by atoms with van der Waals surface area (Å²) in [6.45, 7) is 3.15. The van der Waals surface area contributed by atoms with Gasteiger partial charge in [0.25, 0.3) is 0 Å². The summed E-state index contributed by atoms with van der Waals surface area (Å²) in [4.78, 5) is -0.211. The zero-order chi connectivity index (χ0) is 18.9. The minimum Gasteiger partial charge on any atom is -0.495 e. The molecule has 0 bridgehead atoms. The van der Waals surface area contributed by atoms with Gasteiger partial charge in [-0.25, -0.2) is 16.8 Å². The Morgan fingerprint density at radius 3 is 2.56 bits per heavy atom. The number of hydrogen-bond donors (Lipinski definition) is 1. The molecule has 138 valence electrons. The Balaban J connectivity index is 2.53. The van der Waals surface area contributed by atoms with E-state index in [1.807, 2.05) is 6.07 Å². The minimum atomic E-state index is -4.09. The van der Waals surface area contributed by atoms with Gasteiger partial charge in [0.15, 0.2) is 0 Å². The number of hydrogen-bond acceptors (Lipinski definition) is 6. The predicted octanol–water partition coefficient (Wildman–Crippen LogP) is 1.21. The molecule has 1 aliphatic heterocycles. The van der Waals surface area contributed by atoms with Gasteiger partial charge in [-0.05, 0) is 44.9 Å².